The quantitative estimate of drug-likeness (QED) is 0.648. The van der Waals surface area contributed by atoms with E-state index >= 15 is 0 Å². The maximum Gasteiger partial charge on any atom is 0.314 e. The van der Waals surface area contributed by atoms with Crippen LogP contribution in [0, 0.1) is 0 Å². The predicted molar refractivity (Wildman–Crippen MR) is 93.6 cm³/mol. The molecular weight excluding hydrogens is 320 g/mol. The zero-order chi connectivity index (χ0) is 17.2. The molecule has 8 heteroatoms. The van der Waals surface area contributed by atoms with Crippen LogP contribution in [0.3, 0.4) is 0 Å². The van der Waals surface area contributed by atoms with Crippen molar-refractivity contribution >= 4 is 17.5 Å². The van der Waals surface area contributed by atoms with Crippen LogP contribution in [0.1, 0.15) is 0 Å². The molecular formula is C17H18N6O2. The van der Waals surface area contributed by atoms with E-state index in [1.54, 1.807) is 15.6 Å². The summed E-state index contributed by atoms with van der Waals surface area (Å²) in [4.78, 5) is 17.8. The highest BCUT2D eigenvalue weighted by Crippen LogP contribution is 2.27. The average Bonchev–Trinajstić information content (AvgIpc) is 3.03. The van der Waals surface area contributed by atoms with Gasteiger partial charge in [0.25, 0.3) is 0 Å². The van der Waals surface area contributed by atoms with Crippen molar-refractivity contribution in [3.63, 3.8) is 0 Å². The summed E-state index contributed by atoms with van der Waals surface area (Å²) >= 11 is 0. The lowest BCUT2D eigenvalue weighted by molar-refractivity contribution is 0.193. The maximum absolute atomic E-state index is 11.6. The second-order valence-electron chi connectivity index (χ2n) is 5.77. The zero-order valence-corrected chi connectivity index (χ0v) is 13.6. The molecule has 2 amide bonds. The van der Waals surface area contributed by atoms with Gasteiger partial charge in [-0.1, -0.05) is 12.1 Å². The summed E-state index contributed by atoms with van der Waals surface area (Å²) in [6.07, 6.45) is 3.65. The Bertz CT molecular complexity index is 922. The number of rotatable bonds is 0. The standard InChI is InChI=1S/C17H18N6O2/c18-17(24)22-7-5-19-15-4-6-23-16(21-15)14(11-20-23)12-2-1-3-13(10-12)25-9-8-22/h1-4,6,10-11H,5,7-9H2,(H2,18,24)(H,19,21). The van der Waals surface area contributed by atoms with E-state index in [2.05, 4.69) is 15.4 Å². The number of ether oxygens (including phenoxy) is 1. The summed E-state index contributed by atoms with van der Waals surface area (Å²) in [7, 11) is 0. The van der Waals surface area contributed by atoms with Crippen LogP contribution < -0.4 is 15.8 Å². The van der Waals surface area contributed by atoms with E-state index in [1.165, 1.54) is 0 Å². The first kappa shape index (κ1) is 15.3. The molecule has 1 aliphatic rings. The van der Waals surface area contributed by atoms with Crippen molar-refractivity contribution in [1.82, 2.24) is 19.5 Å². The van der Waals surface area contributed by atoms with Gasteiger partial charge >= 0.3 is 6.03 Å². The molecule has 3 aromatic rings. The first-order valence-electron chi connectivity index (χ1n) is 8.06. The molecule has 4 bridgehead atoms. The predicted octanol–water partition coefficient (Wildman–Crippen LogP) is 1.58. The van der Waals surface area contributed by atoms with E-state index in [4.69, 9.17) is 10.5 Å². The Kier molecular flexibility index (Phi) is 3.85. The van der Waals surface area contributed by atoms with Crippen LogP contribution in [0.5, 0.6) is 5.75 Å². The molecule has 25 heavy (non-hydrogen) atoms. The monoisotopic (exact) mass is 338 g/mol. The number of nitrogens with one attached hydrogen (secondary N) is 1. The molecule has 0 fully saturated rings. The van der Waals surface area contributed by atoms with Gasteiger partial charge in [0.15, 0.2) is 5.65 Å². The number of anilines is 1. The van der Waals surface area contributed by atoms with Crippen LogP contribution in [0.4, 0.5) is 10.6 Å². The largest absolute Gasteiger partial charge is 0.492 e. The van der Waals surface area contributed by atoms with Crippen molar-refractivity contribution in [3.8, 4) is 16.9 Å². The van der Waals surface area contributed by atoms with E-state index in [1.807, 2.05) is 36.5 Å². The summed E-state index contributed by atoms with van der Waals surface area (Å²) in [5, 5.41) is 7.58. The number of hydrogen-bond acceptors (Lipinski definition) is 5. The van der Waals surface area contributed by atoms with Crippen LogP contribution in [-0.4, -0.2) is 51.8 Å². The molecule has 3 N–H and O–H groups in total. The van der Waals surface area contributed by atoms with Crippen molar-refractivity contribution in [2.45, 2.75) is 0 Å². The fraction of sp³-hybridized carbons (Fsp3) is 0.235. The minimum absolute atomic E-state index is 0.374. The van der Waals surface area contributed by atoms with Crippen molar-refractivity contribution in [2.75, 3.05) is 31.6 Å². The minimum Gasteiger partial charge on any atom is -0.492 e. The first-order chi connectivity index (χ1) is 12.2. The van der Waals surface area contributed by atoms with Crippen molar-refractivity contribution in [2.24, 2.45) is 5.73 Å². The number of carbonyl (C=O) groups is 1. The molecule has 0 saturated heterocycles. The summed E-state index contributed by atoms with van der Waals surface area (Å²) in [5.41, 5.74) is 8.10. The molecule has 0 saturated carbocycles. The minimum atomic E-state index is -0.465. The number of urea groups is 1. The topological polar surface area (TPSA) is 97.8 Å². The average molecular weight is 338 g/mol. The van der Waals surface area contributed by atoms with E-state index < -0.39 is 6.03 Å². The fourth-order valence-electron chi connectivity index (χ4n) is 2.85. The number of hydrogen-bond donors (Lipinski definition) is 2. The lowest BCUT2D eigenvalue weighted by Gasteiger charge is -2.21. The Hall–Kier alpha value is -3.29. The van der Waals surface area contributed by atoms with Crippen LogP contribution in [0.15, 0.2) is 42.7 Å². The number of benzene rings is 1. The first-order valence-corrected chi connectivity index (χ1v) is 8.06. The normalized spacial score (nSPS) is 14.6. The number of aromatic nitrogens is 3. The number of carbonyl (C=O) groups excluding carboxylic acids is 1. The Labute approximate surface area is 144 Å². The number of primary amides is 1. The molecule has 0 atom stereocenters. The van der Waals surface area contributed by atoms with Crippen molar-refractivity contribution < 1.29 is 9.53 Å². The van der Waals surface area contributed by atoms with Crippen LogP contribution >= 0.6 is 0 Å². The van der Waals surface area contributed by atoms with Crippen molar-refractivity contribution in [3.05, 3.63) is 42.7 Å². The van der Waals surface area contributed by atoms with Gasteiger partial charge in [-0.05, 0) is 23.8 Å². The van der Waals surface area contributed by atoms with E-state index in [9.17, 15) is 4.79 Å². The summed E-state index contributed by atoms with van der Waals surface area (Å²) in [5.74, 6) is 1.45. The molecule has 3 heterocycles. The molecule has 2 aromatic heterocycles. The third-order valence-electron chi connectivity index (χ3n) is 4.14. The Balaban J connectivity index is 1.76. The van der Waals surface area contributed by atoms with Gasteiger partial charge in [-0.25, -0.2) is 14.3 Å². The van der Waals surface area contributed by atoms with E-state index in [0.717, 1.165) is 28.3 Å². The van der Waals surface area contributed by atoms with Gasteiger partial charge in [0.2, 0.25) is 0 Å². The summed E-state index contributed by atoms with van der Waals surface area (Å²) in [6.45, 7) is 1.81. The molecule has 1 aromatic carbocycles. The van der Waals surface area contributed by atoms with Gasteiger partial charge in [0.1, 0.15) is 18.2 Å². The third kappa shape index (κ3) is 3.06. The molecule has 128 valence electrons. The summed E-state index contributed by atoms with van der Waals surface area (Å²) < 4.78 is 7.51. The zero-order valence-electron chi connectivity index (χ0n) is 13.6. The van der Waals surface area contributed by atoms with Gasteiger partial charge < -0.3 is 20.7 Å². The molecule has 1 aliphatic heterocycles. The highest BCUT2D eigenvalue weighted by molar-refractivity contribution is 5.78. The third-order valence-corrected chi connectivity index (χ3v) is 4.14. The number of nitrogens with two attached hydrogens (primary N) is 1. The van der Waals surface area contributed by atoms with Gasteiger partial charge in [-0.15, -0.1) is 0 Å². The smallest absolute Gasteiger partial charge is 0.314 e. The molecule has 0 spiro atoms. The Morgan fingerprint density at radius 3 is 3.08 bits per heavy atom. The fourth-order valence-corrected chi connectivity index (χ4v) is 2.85. The second kappa shape index (κ2) is 6.31. The number of nitrogens with zero attached hydrogens (tertiary/aromatic N) is 4. The SMILES string of the molecule is NC(=O)N1CCNc2ccn3ncc(c3n2)-c2cccc(c2)OCC1. The maximum atomic E-state index is 11.6. The molecule has 4 rings (SSSR count). The molecule has 8 nitrogen and oxygen atoms in total. The summed E-state index contributed by atoms with van der Waals surface area (Å²) in [6, 6.07) is 9.13. The van der Waals surface area contributed by atoms with Crippen molar-refractivity contribution in [1.29, 1.82) is 0 Å². The van der Waals surface area contributed by atoms with Gasteiger partial charge in [0, 0.05) is 24.8 Å². The Morgan fingerprint density at radius 1 is 1.28 bits per heavy atom. The number of fused-ring (bicyclic) bond motifs is 4. The van der Waals surface area contributed by atoms with Crippen LogP contribution in [0.2, 0.25) is 0 Å². The Morgan fingerprint density at radius 2 is 2.20 bits per heavy atom. The van der Waals surface area contributed by atoms with Gasteiger partial charge in [0.05, 0.1) is 12.7 Å². The number of amides is 2. The molecule has 0 radical (unpaired) electrons. The second-order valence-corrected chi connectivity index (χ2v) is 5.77. The lowest BCUT2D eigenvalue weighted by Crippen LogP contribution is -2.41. The van der Waals surface area contributed by atoms with Crippen LogP contribution in [-0.2, 0) is 0 Å². The van der Waals surface area contributed by atoms with Crippen LogP contribution in [0.25, 0.3) is 16.8 Å². The van der Waals surface area contributed by atoms with Gasteiger partial charge in [-0.2, -0.15) is 5.10 Å². The van der Waals surface area contributed by atoms with E-state index in [0.29, 0.717) is 26.2 Å². The van der Waals surface area contributed by atoms with Gasteiger partial charge in [-0.3, -0.25) is 0 Å². The highest BCUT2D eigenvalue weighted by Gasteiger charge is 2.13. The molecule has 0 aliphatic carbocycles. The molecule has 0 unspecified atom stereocenters. The lowest BCUT2D eigenvalue weighted by atomic mass is 10.1. The highest BCUT2D eigenvalue weighted by atomic mass is 16.5. The van der Waals surface area contributed by atoms with E-state index in [-0.39, 0.29) is 0 Å².